The molecule has 0 spiro atoms. The molecule has 4 aromatic rings. The van der Waals surface area contributed by atoms with Gasteiger partial charge < -0.3 is 4.98 Å². The van der Waals surface area contributed by atoms with Crippen LogP contribution in [0.1, 0.15) is 10.5 Å². The number of aromatic nitrogens is 5. The lowest BCUT2D eigenvalue weighted by Gasteiger charge is -1.97. The van der Waals surface area contributed by atoms with Gasteiger partial charge in [0.1, 0.15) is 5.69 Å². The molecule has 0 radical (unpaired) electrons. The van der Waals surface area contributed by atoms with Gasteiger partial charge in [-0.15, -0.1) is 11.3 Å². The van der Waals surface area contributed by atoms with Crippen LogP contribution in [0.15, 0.2) is 48.1 Å². The quantitative estimate of drug-likeness (QED) is 0.604. The molecule has 23 heavy (non-hydrogen) atoms. The number of carbonyl (C=O) groups excluding carboxylic acids is 1. The number of para-hydroxylation sites is 2. The average molecular weight is 322 g/mol. The number of hydrogen-bond acceptors (Lipinski definition) is 6. The first-order valence-electron chi connectivity index (χ1n) is 6.78. The van der Waals surface area contributed by atoms with Gasteiger partial charge in [-0.25, -0.2) is 19.9 Å². The SMILES string of the molecule is O=C(Nc1nc2ccccc2[nH]1)c1csc(-c2ncccn2)n1. The van der Waals surface area contributed by atoms with Crippen LogP contribution in [0.25, 0.3) is 21.9 Å². The first kappa shape index (κ1) is 13.5. The number of nitrogens with one attached hydrogen (secondary N) is 2. The van der Waals surface area contributed by atoms with Crippen LogP contribution in [-0.4, -0.2) is 30.8 Å². The molecule has 112 valence electrons. The zero-order valence-electron chi connectivity index (χ0n) is 11.7. The summed E-state index contributed by atoms with van der Waals surface area (Å²) in [5.41, 5.74) is 1.96. The van der Waals surface area contributed by atoms with Gasteiger partial charge in [-0.05, 0) is 18.2 Å². The molecule has 7 nitrogen and oxygen atoms in total. The molecule has 0 saturated heterocycles. The lowest BCUT2D eigenvalue weighted by atomic mass is 10.3. The molecule has 0 fully saturated rings. The minimum atomic E-state index is -0.331. The minimum absolute atomic E-state index is 0.304. The van der Waals surface area contributed by atoms with Crippen LogP contribution < -0.4 is 5.32 Å². The first-order valence-corrected chi connectivity index (χ1v) is 7.66. The summed E-state index contributed by atoms with van der Waals surface area (Å²) >= 11 is 1.32. The van der Waals surface area contributed by atoms with Crippen LogP contribution in [0, 0.1) is 0 Å². The molecule has 3 heterocycles. The van der Waals surface area contributed by atoms with Crippen molar-refractivity contribution in [3.05, 3.63) is 53.8 Å². The van der Waals surface area contributed by atoms with E-state index in [0.717, 1.165) is 11.0 Å². The summed E-state index contributed by atoms with van der Waals surface area (Å²) in [6.07, 6.45) is 3.27. The predicted octanol–water partition coefficient (Wildman–Crippen LogP) is 2.73. The van der Waals surface area contributed by atoms with E-state index in [-0.39, 0.29) is 5.91 Å². The maximum Gasteiger partial charge on any atom is 0.277 e. The molecule has 0 saturated carbocycles. The van der Waals surface area contributed by atoms with Crippen LogP contribution in [0.2, 0.25) is 0 Å². The third-order valence-corrected chi connectivity index (χ3v) is 3.95. The third-order valence-electron chi connectivity index (χ3n) is 3.12. The Balaban J connectivity index is 1.56. The van der Waals surface area contributed by atoms with Crippen LogP contribution in [0.5, 0.6) is 0 Å². The van der Waals surface area contributed by atoms with Gasteiger partial charge in [0.05, 0.1) is 11.0 Å². The average Bonchev–Trinajstić information content (AvgIpc) is 3.22. The Bertz CT molecular complexity index is 945. The van der Waals surface area contributed by atoms with Gasteiger partial charge in [-0.2, -0.15) is 0 Å². The number of amides is 1. The van der Waals surface area contributed by atoms with E-state index >= 15 is 0 Å². The molecule has 0 aliphatic heterocycles. The van der Waals surface area contributed by atoms with Gasteiger partial charge >= 0.3 is 0 Å². The molecular formula is C15H10N6OS. The van der Waals surface area contributed by atoms with E-state index in [1.807, 2.05) is 24.3 Å². The molecular weight excluding hydrogens is 312 g/mol. The monoisotopic (exact) mass is 322 g/mol. The van der Waals surface area contributed by atoms with E-state index in [9.17, 15) is 4.79 Å². The fraction of sp³-hybridized carbons (Fsp3) is 0. The van der Waals surface area contributed by atoms with Gasteiger partial charge in [-0.3, -0.25) is 10.1 Å². The molecule has 1 aromatic carbocycles. The highest BCUT2D eigenvalue weighted by Gasteiger charge is 2.14. The molecule has 0 bridgehead atoms. The Labute approximate surface area is 134 Å². The Morgan fingerprint density at radius 1 is 1.09 bits per heavy atom. The number of H-pyrrole nitrogens is 1. The maximum absolute atomic E-state index is 12.3. The highest BCUT2D eigenvalue weighted by atomic mass is 32.1. The highest BCUT2D eigenvalue weighted by Crippen LogP contribution is 2.20. The summed E-state index contributed by atoms with van der Waals surface area (Å²) in [6.45, 7) is 0. The normalized spacial score (nSPS) is 10.8. The number of anilines is 1. The maximum atomic E-state index is 12.3. The fourth-order valence-corrected chi connectivity index (χ4v) is 2.82. The predicted molar refractivity (Wildman–Crippen MR) is 87.2 cm³/mol. The second-order valence-electron chi connectivity index (χ2n) is 4.67. The van der Waals surface area contributed by atoms with Crippen LogP contribution in [0.4, 0.5) is 5.95 Å². The van der Waals surface area contributed by atoms with Crippen molar-refractivity contribution in [3.8, 4) is 10.8 Å². The molecule has 1 amide bonds. The Kier molecular flexibility index (Phi) is 3.28. The molecule has 2 N–H and O–H groups in total. The number of imidazole rings is 1. The summed E-state index contributed by atoms with van der Waals surface area (Å²) in [5, 5.41) is 4.98. The Hall–Kier alpha value is -3.13. The number of rotatable bonds is 3. The zero-order valence-corrected chi connectivity index (χ0v) is 12.5. The van der Waals surface area contributed by atoms with Gasteiger partial charge in [0.2, 0.25) is 5.95 Å². The fourth-order valence-electron chi connectivity index (χ4n) is 2.07. The number of nitrogens with zero attached hydrogens (tertiary/aromatic N) is 4. The Morgan fingerprint density at radius 2 is 1.91 bits per heavy atom. The summed E-state index contributed by atoms with van der Waals surface area (Å²) in [7, 11) is 0. The minimum Gasteiger partial charge on any atom is -0.324 e. The van der Waals surface area contributed by atoms with Crippen molar-refractivity contribution < 1.29 is 4.79 Å². The Morgan fingerprint density at radius 3 is 2.74 bits per heavy atom. The van der Waals surface area contributed by atoms with Gasteiger partial charge in [0, 0.05) is 17.8 Å². The molecule has 0 atom stereocenters. The number of hydrogen-bond donors (Lipinski definition) is 2. The molecule has 4 rings (SSSR count). The number of fused-ring (bicyclic) bond motifs is 1. The largest absolute Gasteiger partial charge is 0.324 e. The van der Waals surface area contributed by atoms with Crippen LogP contribution >= 0.6 is 11.3 Å². The number of aromatic amines is 1. The lowest BCUT2D eigenvalue weighted by Crippen LogP contribution is -2.13. The van der Waals surface area contributed by atoms with Crippen LogP contribution in [0.3, 0.4) is 0 Å². The van der Waals surface area contributed by atoms with Crippen molar-refractivity contribution in [3.63, 3.8) is 0 Å². The van der Waals surface area contributed by atoms with E-state index in [1.54, 1.807) is 23.8 Å². The second kappa shape index (κ2) is 5.58. The van der Waals surface area contributed by atoms with Gasteiger partial charge in [0.15, 0.2) is 10.8 Å². The van der Waals surface area contributed by atoms with Crippen LogP contribution in [-0.2, 0) is 0 Å². The van der Waals surface area contributed by atoms with Crippen molar-refractivity contribution in [1.82, 2.24) is 24.9 Å². The molecule has 0 aliphatic carbocycles. The highest BCUT2D eigenvalue weighted by molar-refractivity contribution is 7.13. The van der Waals surface area contributed by atoms with E-state index in [1.165, 1.54) is 11.3 Å². The number of benzene rings is 1. The molecule has 8 heteroatoms. The zero-order chi connectivity index (χ0) is 15.6. The van der Waals surface area contributed by atoms with Crippen molar-refractivity contribution in [2.75, 3.05) is 5.32 Å². The van der Waals surface area contributed by atoms with Crippen molar-refractivity contribution >= 4 is 34.2 Å². The standard InChI is InChI=1S/C15H10N6OS/c22-13(21-15-19-9-4-1-2-5-10(9)20-15)11-8-23-14(18-11)12-16-6-3-7-17-12/h1-8H,(H2,19,20,21,22). The van der Waals surface area contributed by atoms with Crippen molar-refractivity contribution in [1.29, 1.82) is 0 Å². The van der Waals surface area contributed by atoms with E-state index in [0.29, 0.717) is 22.5 Å². The molecule has 3 aromatic heterocycles. The van der Waals surface area contributed by atoms with E-state index < -0.39 is 0 Å². The first-order chi connectivity index (χ1) is 11.3. The molecule has 0 aliphatic rings. The topological polar surface area (TPSA) is 96.5 Å². The summed E-state index contributed by atoms with van der Waals surface area (Å²) in [5.74, 6) is 0.560. The van der Waals surface area contributed by atoms with Gasteiger partial charge in [0.25, 0.3) is 5.91 Å². The summed E-state index contributed by atoms with van der Waals surface area (Å²) < 4.78 is 0. The lowest BCUT2D eigenvalue weighted by molar-refractivity contribution is 0.102. The molecule has 0 unspecified atom stereocenters. The van der Waals surface area contributed by atoms with E-state index in [2.05, 4.69) is 30.2 Å². The van der Waals surface area contributed by atoms with Crippen molar-refractivity contribution in [2.45, 2.75) is 0 Å². The summed E-state index contributed by atoms with van der Waals surface area (Å²) in [6, 6.07) is 9.28. The third kappa shape index (κ3) is 2.67. The summed E-state index contributed by atoms with van der Waals surface area (Å²) in [4.78, 5) is 32.1. The second-order valence-corrected chi connectivity index (χ2v) is 5.53. The smallest absolute Gasteiger partial charge is 0.277 e. The number of carbonyl (C=O) groups is 1. The number of thiazole rings is 1. The van der Waals surface area contributed by atoms with Gasteiger partial charge in [-0.1, -0.05) is 12.1 Å². The van der Waals surface area contributed by atoms with Crippen molar-refractivity contribution in [2.24, 2.45) is 0 Å². The van der Waals surface area contributed by atoms with E-state index in [4.69, 9.17) is 0 Å².